The van der Waals surface area contributed by atoms with Crippen molar-refractivity contribution in [3.63, 3.8) is 0 Å². The van der Waals surface area contributed by atoms with E-state index in [9.17, 15) is 4.39 Å². The average molecular weight is 243 g/mol. The van der Waals surface area contributed by atoms with Crippen LogP contribution in [0.1, 0.15) is 11.1 Å². The molecule has 0 fully saturated rings. The van der Waals surface area contributed by atoms with Gasteiger partial charge in [0.2, 0.25) is 5.88 Å². The van der Waals surface area contributed by atoms with Crippen molar-refractivity contribution in [2.75, 3.05) is 5.73 Å². The lowest BCUT2D eigenvalue weighted by atomic mass is 10.2. The number of rotatable bonds is 2. The third kappa shape index (κ3) is 2.23. The van der Waals surface area contributed by atoms with Gasteiger partial charge in [0.05, 0.1) is 0 Å². The van der Waals surface area contributed by atoms with E-state index in [1.54, 1.807) is 19.1 Å². The van der Waals surface area contributed by atoms with Gasteiger partial charge in [0, 0.05) is 18.0 Å². The van der Waals surface area contributed by atoms with Gasteiger partial charge in [0.15, 0.2) is 11.6 Å². The summed E-state index contributed by atoms with van der Waals surface area (Å²) in [5.41, 5.74) is 6.86. The molecule has 0 aliphatic rings. The molecule has 0 aliphatic heterocycles. The number of benzene rings is 1. The number of nitrogens with zero attached hydrogens (tertiary/aromatic N) is 2. The van der Waals surface area contributed by atoms with Crippen LogP contribution in [0.25, 0.3) is 0 Å². The van der Waals surface area contributed by atoms with Crippen LogP contribution in [0.2, 0.25) is 0 Å². The Labute approximate surface area is 103 Å². The summed E-state index contributed by atoms with van der Waals surface area (Å²) in [5, 5.41) is 8.88. The molecule has 0 radical (unpaired) electrons. The van der Waals surface area contributed by atoms with Gasteiger partial charge in [-0.2, -0.15) is 5.26 Å². The molecule has 1 heterocycles. The van der Waals surface area contributed by atoms with Crippen LogP contribution in [-0.4, -0.2) is 4.98 Å². The number of anilines is 1. The highest BCUT2D eigenvalue weighted by Crippen LogP contribution is 2.28. The Morgan fingerprint density at radius 1 is 1.44 bits per heavy atom. The lowest BCUT2D eigenvalue weighted by molar-refractivity contribution is 0.426. The van der Waals surface area contributed by atoms with Crippen molar-refractivity contribution < 1.29 is 9.13 Å². The second kappa shape index (κ2) is 4.72. The molecule has 0 saturated heterocycles. The van der Waals surface area contributed by atoms with E-state index >= 15 is 0 Å². The van der Waals surface area contributed by atoms with Crippen molar-refractivity contribution in [1.82, 2.24) is 4.98 Å². The highest BCUT2D eigenvalue weighted by atomic mass is 19.1. The standard InChI is InChI=1S/C13H10FN3O/c1-8-5-12(10(14)6-11(8)16)18-13-9(7-15)3-2-4-17-13/h2-6H,16H2,1H3. The molecule has 0 atom stereocenters. The molecule has 0 amide bonds. The molecule has 90 valence electrons. The second-order valence-electron chi connectivity index (χ2n) is 3.71. The Morgan fingerprint density at radius 3 is 2.94 bits per heavy atom. The summed E-state index contributed by atoms with van der Waals surface area (Å²) in [6, 6.07) is 7.73. The molecule has 1 aromatic carbocycles. The third-order valence-corrected chi connectivity index (χ3v) is 2.42. The molecular weight excluding hydrogens is 233 g/mol. The molecule has 1 aromatic heterocycles. The lowest BCUT2D eigenvalue weighted by Gasteiger charge is -2.09. The number of hydrogen-bond acceptors (Lipinski definition) is 4. The quantitative estimate of drug-likeness (QED) is 0.823. The van der Waals surface area contributed by atoms with Crippen LogP contribution in [0, 0.1) is 24.1 Å². The molecule has 4 nitrogen and oxygen atoms in total. The molecule has 0 spiro atoms. The zero-order valence-corrected chi connectivity index (χ0v) is 9.64. The minimum Gasteiger partial charge on any atom is -0.435 e. The molecule has 2 aromatic rings. The predicted octanol–water partition coefficient (Wildman–Crippen LogP) is 2.78. The van der Waals surface area contributed by atoms with Gasteiger partial charge in [0.25, 0.3) is 0 Å². The normalized spacial score (nSPS) is 9.83. The first-order chi connectivity index (χ1) is 8.61. The summed E-state index contributed by atoms with van der Waals surface area (Å²) >= 11 is 0. The predicted molar refractivity (Wildman–Crippen MR) is 64.6 cm³/mol. The van der Waals surface area contributed by atoms with Gasteiger partial charge in [0.1, 0.15) is 11.6 Å². The first-order valence-corrected chi connectivity index (χ1v) is 5.20. The van der Waals surface area contributed by atoms with E-state index in [-0.39, 0.29) is 17.2 Å². The van der Waals surface area contributed by atoms with Crippen molar-refractivity contribution in [3.8, 4) is 17.7 Å². The molecule has 0 unspecified atom stereocenters. The van der Waals surface area contributed by atoms with Gasteiger partial charge in [-0.05, 0) is 30.7 Å². The maximum Gasteiger partial charge on any atom is 0.237 e. The molecular formula is C13H10FN3O. The van der Waals surface area contributed by atoms with Crippen molar-refractivity contribution in [3.05, 3.63) is 47.4 Å². The average Bonchev–Trinajstić information content (AvgIpc) is 2.36. The van der Waals surface area contributed by atoms with E-state index in [0.717, 1.165) is 0 Å². The van der Waals surface area contributed by atoms with Gasteiger partial charge >= 0.3 is 0 Å². The molecule has 0 bridgehead atoms. The first-order valence-electron chi connectivity index (χ1n) is 5.20. The van der Waals surface area contributed by atoms with E-state index in [1.165, 1.54) is 18.3 Å². The van der Waals surface area contributed by atoms with E-state index in [0.29, 0.717) is 11.3 Å². The number of nitrogens with two attached hydrogens (primary N) is 1. The number of hydrogen-bond donors (Lipinski definition) is 1. The zero-order valence-electron chi connectivity index (χ0n) is 9.64. The Kier molecular flexibility index (Phi) is 3.11. The molecule has 0 saturated carbocycles. The summed E-state index contributed by atoms with van der Waals surface area (Å²) in [7, 11) is 0. The van der Waals surface area contributed by atoms with E-state index in [1.807, 2.05) is 6.07 Å². The maximum atomic E-state index is 13.6. The Balaban J connectivity index is 2.41. The number of aromatic nitrogens is 1. The van der Waals surface area contributed by atoms with Crippen LogP contribution < -0.4 is 10.5 Å². The Hall–Kier alpha value is -2.61. The maximum absolute atomic E-state index is 13.6. The van der Waals surface area contributed by atoms with Gasteiger partial charge < -0.3 is 10.5 Å². The third-order valence-electron chi connectivity index (χ3n) is 2.42. The van der Waals surface area contributed by atoms with Crippen LogP contribution in [0.15, 0.2) is 30.5 Å². The molecule has 18 heavy (non-hydrogen) atoms. The minimum absolute atomic E-state index is 0.00287. The van der Waals surface area contributed by atoms with Crippen LogP contribution in [0.3, 0.4) is 0 Å². The number of halogens is 1. The van der Waals surface area contributed by atoms with Gasteiger partial charge in [-0.15, -0.1) is 0 Å². The molecule has 0 aliphatic carbocycles. The molecule has 5 heteroatoms. The molecule has 2 rings (SSSR count). The van der Waals surface area contributed by atoms with Crippen LogP contribution in [0.4, 0.5) is 10.1 Å². The summed E-state index contributed by atoms with van der Waals surface area (Å²) < 4.78 is 18.9. The number of ether oxygens (including phenoxy) is 1. The van der Waals surface area contributed by atoms with Crippen LogP contribution in [0.5, 0.6) is 11.6 Å². The fourth-order valence-electron chi connectivity index (χ4n) is 1.41. The van der Waals surface area contributed by atoms with Gasteiger partial charge in [-0.25, -0.2) is 9.37 Å². The monoisotopic (exact) mass is 243 g/mol. The van der Waals surface area contributed by atoms with Crippen molar-refractivity contribution in [2.24, 2.45) is 0 Å². The van der Waals surface area contributed by atoms with E-state index in [2.05, 4.69) is 4.98 Å². The number of nitrogen functional groups attached to an aromatic ring is 1. The highest BCUT2D eigenvalue weighted by Gasteiger charge is 2.11. The van der Waals surface area contributed by atoms with Crippen LogP contribution >= 0.6 is 0 Å². The van der Waals surface area contributed by atoms with Gasteiger partial charge in [-0.1, -0.05) is 0 Å². The largest absolute Gasteiger partial charge is 0.435 e. The first kappa shape index (κ1) is 11.9. The van der Waals surface area contributed by atoms with E-state index < -0.39 is 5.82 Å². The van der Waals surface area contributed by atoms with Gasteiger partial charge in [-0.3, -0.25) is 0 Å². The number of pyridine rings is 1. The SMILES string of the molecule is Cc1cc(Oc2ncccc2C#N)c(F)cc1N. The fraction of sp³-hybridized carbons (Fsp3) is 0.0769. The summed E-state index contributed by atoms with van der Waals surface area (Å²) in [6.07, 6.45) is 1.47. The lowest BCUT2D eigenvalue weighted by Crippen LogP contribution is -1.97. The fourth-order valence-corrected chi connectivity index (χ4v) is 1.41. The smallest absolute Gasteiger partial charge is 0.237 e. The highest BCUT2D eigenvalue weighted by molar-refractivity contribution is 5.51. The Bertz CT molecular complexity index is 635. The van der Waals surface area contributed by atoms with E-state index in [4.69, 9.17) is 15.7 Å². The van der Waals surface area contributed by atoms with Crippen molar-refractivity contribution in [1.29, 1.82) is 5.26 Å². The number of nitriles is 1. The zero-order chi connectivity index (χ0) is 13.1. The summed E-state index contributed by atoms with van der Waals surface area (Å²) in [4.78, 5) is 3.90. The van der Waals surface area contributed by atoms with Crippen molar-refractivity contribution >= 4 is 5.69 Å². The summed E-state index contributed by atoms with van der Waals surface area (Å²) in [6.45, 7) is 1.74. The topological polar surface area (TPSA) is 71.9 Å². The van der Waals surface area contributed by atoms with Crippen molar-refractivity contribution in [2.45, 2.75) is 6.92 Å². The minimum atomic E-state index is -0.590. The Morgan fingerprint density at radius 2 is 2.22 bits per heavy atom. The second-order valence-corrected chi connectivity index (χ2v) is 3.71. The summed E-state index contributed by atoms with van der Waals surface area (Å²) in [5.74, 6) is -0.521. The molecule has 2 N–H and O–H groups in total. The number of aryl methyl sites for hydroxylation is 1. The van der Waals surface area contributed by atoms with Crippen LogP contribution in [-0.2, 0) is 0 Å².